The van der Waals surface area contributed by atoms with Crippen LogP contribution in [0.5, 0.6) is 0 Å². The van der Waals surface area contributed by atoms with Gasteiger partial charge in [-0.1, -0.05) is 38.5 Å². The number of carbonyl (C=O) groups excluding carboxylic acids is 2. The molecule has 0 saturated carbocycles. The number of rotatable bonds is 10. The van der Waals surface area contributed by atoms with Gasteiger partial charge in [-0.15, -0.1) is 10.2 Å². The van der Waals surface area contributed by atoms with Gasteiger partial charge in [0.2, 0.25) is 0 Å². The molecule has 0 unspecified atom stereocenters. The number of esters is 1. The highest BCUT2D eigenvalue weighted by Crippen LogP contribution is 2.24. The van der Waals surface area contributed by atoms with Crippen molar-refractivity contribution in [2.75, 3.05) is 12.4 Å². The van der Waals surface area contributed by atoms with Gasteiger partial charge in [0.25, 0.3) is 0 Å². The molecule has 1 aliphatic heterocycles. The standard InChI is InChI=1S/C17H27N5O3S/c1-4-7-8-9-22-11-18-21-17(22)26-10-13-14(15(23)25-6-3)12(5-2)19-16(24)20-13/h11-12H,4-10H2,1-3H3,(H2,19,20,24)/t12-/m1/s1. The van der Waals surface area contributed by atoms with Crippen molar-refractivity contribution in [2.45, 2.75) is 64.2 Å². The fourth-order valence-corrected chi connectivity index (χ4v) is 3.66. The Kier molecular flexibility index (Phi) is 7.96. The molecule has 144 valence electrons. The quantitative estimate of drug-likeness (QED) is 0.367. The number of hydrogen-bond donors (Lipinski definition) is 2. The highest BCUT2D eigenvalue weighted by molar-refractivity contribution is 7.99. The summed E-state index contributed by atoms with van der Waals surface area (Å²) in [5.74, 6) is 0.0247. The third-order valence-corrected chi connectivity index (χ3v) is 5.08. The number of ether oxygens (including phenoxy) is 1. The minimum Gasteiger partial charge on any atom is -0.463 e. The molecule has 1 aliphatic rings. The second-order valence-corrected chi connectivity index (χ2v) is 6.92. The Morgan fingerprint density at radius 3 is 2.85 bits per heavy atom. The molecule has 0 saturated heterocycles. The van der Waals surface area contributed by atoms with Crippen LogP contribution in [0.25, 0.3) is 0 Å². The Hall–Kier alpha value is -2.03. The van der Waals surface area contributed by atoms with Crippen LogP contribution in [-0.2, 0) is 16.1 Å². The first-order valence-electron chi connectivity index (χ1n) is 9.08. The summed E-state index contributed by atoms with van der Waals surface area (Å²) >= 11 is 1.45. The fourth-order valence-electron chi connectivity index (χ4n) is 2.75. The molecule has 0 fully saturated rings. The first kappa shape index (κ1) is 20.3. The van der Waals surface area contributed by atoms with Crippen molar-refractivity contribution >= 4 is 23.8 Å². The summed E-state index contributed by atoms with van der Waals surface area (Å²) in [5.41, 5.74) is 1.06. The predicted molar refractivity (Wildman–Crippen MR) is 99.7 cm³/mol. The fraction of sp³-hybridized carbons (Fsp3) is 0.647. The van der Waals surface area contributed by atoms with E-state index in [1.807, 2.05) is 11.5 Å². The van der Waals surface area contributed by atoms with Crippen LogP contribution in [0, 0.1) is 0 Å². The number of unbranched alkanes of at least 4 members (excludes halogenated alkanes) is 2. The van der Waals surface area contributed by atoms with E-state index in [2.05, 4.69) is 27.8 Å². The van der Waals surface area contributed by atoms with E-state index in [0.717, 1.165) is 31.0 Å². The van der Waals surface area contributed by atoms with E-state index in [0.29, 0.717) is 30.1 Å². The number of hydrogen-bond acceptors (Lipinski definition) is 6. The number of aryl methyl sites for hydroxylation is 1. The molecule has 0 bridgehead atoms. The van der Waals surface area contributed by atoms with E-state index >= 15 is 0 Å². The predicted octanol–water partition coefficient (Wildman–Crippen LogP) is 2.47. The summed E-state index contributed by atoms with van der Waals surface area (Å²) in [5, 5.41) is 14.4. The number of thioether (sulfide) groups is 1. The van der Waals surface area contributed by atoms with Gasteiger partial charge < -0.3 is 19.9 Å². The van der Waals surface area contributed by atoms with Crippen LogP contribution in [0.1, 0.15) is 46.5 Å². The van der Waals surface area contributed by atoms with Crippen molar-refractivity contribution in [1.82, 2.24) is 25.4 Å². The monoisotopic (exact) mass is 381 g/mol. The largest absolute Gasteiger partial charge is 0.463 e. The average Bonchev–Trinajstić information content (AvgIpc) is 3.07. The highest BCUT2D eigenvalue weighted by Gasteiger charge is 2.31. The summed E-state index contributed by atoms with van der Waals surface area (Å²) in [6, 6.07) is -0.647. The molecule has 2 amide bonds. The van der Waals surface area contributed by atoms with Crippen LogP contribution in [0.15, 0.2) is 22.8 Å². The van der Waals surface area contributed by atoms with E-state index in [9.17, 15) is 9.59 Å². The summed E-state index contributed by atoms with van der Waals surface area (Å²) in [6.45, 7) is 7.00. The van der Waals surface area contributed by atoms with E-state index in [1.54, 1.807) is 13.3 Å². The lowest BCUT2D eigenvalue weighted by atomic mass is 10.0. The molecule has 0 spiro atoms. The van der Waals surface area contributed by atoms with Gasteiger partial charge in [0.1, 0.15) is 6.33 Å². The maximum absolute atomic E-state index is 12.4. The van der Waals surface area contributed by atoms with Gasteiger partial charge in [-0.2, -0.15) is 0 Å². The van der Waals surface area contributed by atoms with Crippen molar-refractivity contribution in [3.63, 3.8) is 0 Å². The van der Waals surface area contributed by atoms with Crippen LogP contribution in [0.2, 0.25) is 0 Å². The zero-order valence-corrected chi connectivity index (χ0v) is 16.4. The maximum Gasteiger partial charge on any atom is 0.337 e. The van der Waals surface area contributed by atoms with Gasteiger partial charge in [-0.05, 0) is 19.8 Å². The topological polar surface area (TPSA) is 98.1 Å². The number of aromatic nitrogens is 3. The van der Waals surface area contributed by atoms with Gasteiger partial charge in [0.05, 0.1) is 18.2 Å². The third kappa shape index (κ3) is 5.23. The van der Waals surface area contributed by atoms with Gasteiger partial charge in [-0.3, -0.25) is 0 Å². The summed E-state index contributed by atoms with van der Waals surface area (Å²) < 4.78 is 7.18. The van der Waals surface area contributed by atoms with Crippen molar-refractivity contribution < 1.29 is 14.3 Å². The van der Waals surface area contributed by atoms with E-state index in [4.69, 9.17) is 4.74 Å². The van der Waals surface area contributed by atoms with Crippen molar-refractivity contribution in [3.8, 4) is 0 Å². The third-order valence-electron chi connectivity index (χ3n) is 4.08. The van der Waals surface area contributed by atoms with Crippen LogP contribution in [-0.4, -0.2) is 45.2 Å². The Bertz CT molecular complexity index is 659. The van der Waals surface area contributed by atoms with Crippen LogP contribution in [0.3, 0.4) is 0 Å². The zero-order valence-electron chi connectivity index (χ0n) is 15.6. The number of urea groups is 1. The number of carbonyl (C=O) groups is 2. The average molecular weight is 382 g/mol. The second-order valence-electron chi connectivity index (χ2n) is 5.97. The van der Waals surface area contributed by atoms with Gasteiger partial charge >= 0.3 is 12.0 Å². The summed E-state index contributed by atoms with van der Waals surface area (Å²) in [6.07, 6.45) is 5.70. The summed E-state index contributed by atoms with van der Waals surface area (Å²) in [4.78, 5) is 24.3. The minimum atomic E-state index is -0.396. The molecule has 0 radical (unpaired) electrons. The molecule has 1 aromatic rings. The Labute approximate surface area is 158 Å². The zero-order chi connectivity index (χ0) is 18.9. The molecule has 0 aromatic carbocycles. The SMILES string of the molecule is CCCCCn1cnnc1SCC1=C(C(=O)OCC)[C@@H](CC)NC(=O)N1. The molecule has 9 heteroatoms. The van der Waals surface area contributed by atoms with E-state index in [-0.39, 0.29) is 12.1 Å². The van der Waals surface area contributed by atoms with Crippen molar-refractivity contribution in [3.05, 3.63) is 17.6 Å². The Morgan fingerprint density at radius 2 is 2.15 bits per heavy atom. The first-order valence-corrected chi connectivity index (χ1v) is 10.1. The lowest BCUT2D eigenvalue weighted by Gasteiger charge is -2.28. The maximum atomic E-state index is 12.4. The molecule has 2 rings (SSSR count). The number of amides is 2. The summed E-state index contributed by atoms with van der Waals surface area (Å²) in [7, 11) is 0. The molecule has 2 heterocycles. The second kappa shape index (κ2) is 10.2. The molecule has 1 atom stereocenters. The van der Waals surface area contributed by atoms with Crippen molar-refractivity contribution in [1.29, 1.82) is 0 Å². The van der Waals surface area contributed by atoms with Gasteiger partial charge in [-0.25, -0.2) is 9.59 Å². The van der Waals surface area contributed by atoms with Gasteiger partial charge in [0.15, 0.2) is 5.16 Å². The molecule has 26 heavy (non-hydrogen) atoms. The Morgan fingerprint density at radius 1 is 1.35 bits per heavy atom. The molecule has 8 nitrogen and oxygen atoms in total. The number of nitrogens with zero attached hydrogens (tertiary/aromatic N) is 3. The lowest BCUT2D eigenvalue weighted by Crippen LogP contribution is -2.50. The molecule has 0 aliphatic carbocycles. The van der Waals surface area contributed by atoms with Crippen LogP contribution in [0.4, 0.5) is 4.79 Å². The lowest BCUT2D eigenvalue weighted by molar-refractivity contribution is -0.139. The molecule has 1 aromatic heterocycles. The molecular formula is C17H27N5O3S. The van der Waals surface area contributed by atoms with Crippen LogP contribution >= 0.6 is 11.8 Å². The Balaban J connectivity index is 2.14. The van der Waals surface area contributed by atoms with Crippen LogP contribution < -0.4 is 10.6 Å². The minimum absolute atomic E-state index is 0.291. The smallest absolute Gasteiger partial charge is 0.337 e. The molecule has 2 N–H and O–H groups in total. The van der Waals surface area contributed by atoms with Gasteiger partial charge in [0, 0.05) is 18.0 Å². The molecular weight excluding hydrogens is 354 g/mol. The van der Waals surface area contributed by atoms with E-state index < -0.39 is 5.97 Å². The van der Waals surface area contributed by atoms with Crippen molar-refractivity contribution in [2.24, 2.45) is 0 Å². The van der Waals surface area contributed by atoms with E-state index in [1.165, 1.54) is 11.8 Å². The first-order chi connectivity index (χ1) is 12.6. The normalized spacial score (nSPS) is 17.0. The highest BCUT2D eigenvalue weighted by atomic mass is 32.2. The number of nitrogens with one attached hydrogen (secondary N) is 2.